The average molecular weight is 426 g/mol. The molecule has 1 atom stereocenters. The van der Waals surface area contributed by atoms with Gasteiger partial charge in [-0.1, -0.05) is 12.2 Å². The molecule has 2 fully saturated rings. The van der Waals surface area contributed by atoms with Crippen LogP contribution in [0.1, 0.15) is 13.3 Å². The van der Waals surface area contributed by atoms with Crippen molar-refractivity contribution < 1.29 is 4.74 Å². The van der Waals surface area contributed by atoms with Crippen molar-refractivity contribution in [2.24, 2.45) is 10.7 Å². The highest BCUT2D eigenvalue weighted by Crippen LogP contribution is 2.34. The largest absolute Gasteiger partial charge is 0.379 e. The van der Waals surface area contributed by atoms with Gasteiger partial charge in [-0.05, 0) is 19.1 Å². The number of rotatable bonds is 5. The molecular formula is C14H27IN4OS. The lowest BCUT2D eigenvalue weighted by molar-refractivity contribution is -0.0104. The Hall–Kier alpha value is 0.01000. The van der Waals surface area contributed by atoms with Gasteiger partial charge in [-0.3, -0.25) is 9.89 Å². The van der Waals surface area contributed by atoms with Crippen molar-refractivity contribution >= 4 is 41.7 Å². The lowest BCUT2D eigenvalue weighted by Gasteiger charge is -2.42. The van der Waals surface area contributed by atoms with Gasteiger partial charge in [0.2, 0.25) is 0 Å². The Morgan fingerprint density at radius 2 is 2.19 bits per heavy atom. The Labute approximate surface area is 149 Å². The first kappa shape index (κ1) is 19.1. The number of ether oxygens (including phenoxy) is 1. The standard InChI is InChI=1S/C14H26N4OS.HI/c1-12(2)9-16-13(15)17-10-14(3-8-20-11-14)18-4-6-19-7-5-18;/h1,3-11H2,2H3,(H3,15,16,17);1H. The second-order valence-electron chi connectivity index (χ2n) is 5.64. The molecule has 0 radical (unpaired) electrons. The van der Waals surface area contributed by atoms with Crippen LogP contribution in [-0.4, -0.2) is 67.3 Å². The van der Waals surface area contributed by atoms with Crippen LogP contribution >= 0.6 is 35.7 Å². The van der Waals surface area contributed by atoms with E-state index in [1.165, 1.54) is 12.2 Å². The third-order valence-electron chi connectivity index (χ3n) is 3.88. The highest BCUT2D eigenvalue weighted by atomic mass is 127. The third-order valence-corrected chi connectivity index (χ3v) is 5.11. The molecule has 122 valence electrons. The van der Waals surface area contributed by atoms with E-state index in [4.69, 9.17) is 10.5 Å². The molecule has 0 aliphatic carbocycles. The first-order valence-electron chi connectivity index (χ1n) is 7.21. The summed E-state index contributed by atoms with van der Waals surface area (Å²) < 4.78 is 5.46. The lowest BCUT2D eigenvalue weighted by Crippen LogP contribution is -2.56. The summed E-state index contributed by atoms with van der Waals surface area (Å²) in [5, 5.41) is 3.10. The number of hydrogen-bond acceptors (Lipinski definition) is 4. The van der Waals surface area contributed by atoms with Crippen LogP contribution in [0.4, 0.5) is 0 Å². The number of thioether (sulfide) groups is 1. The molecule has 5 nitrogen and oxygen atoms in total. The highest BCUT2D eigenvalue weighted by Gasteiger charge is 2.40. The summed E-state index contributed by atoms with van der Waals surface area (Å²) in [6.07, 6.45) is 1.19. The van der Waals surface area contributed by atoms with E-state index < -0.39 is 0 Å². The van der Waals surface area contributed by atoms with Crippen LogP contribution in [-0.2, 0) is 4.74 Å². The molecule has 0 aromatic rings. The molecule has 0 bridgehead atoms. The van der Waals surface area contributed by atoms with Gasteiger partial charge in [-0.25, -0.2) is 0 Å². The minimum absolute atomic E-state index is 0. The molecule has 0 aromatic heterocycles. The number of nitrogens with two attached hydrogens (primary N) is 1. The minimum Gasteiger partial charge on any atom is -0.379 e. The summed E-state index contributed by atoms with van der Waals surface area (Å²) in [5.41, 5.74) is 7.16. The van der Waals surface area contributed by atoms with Crippen LogP contribution in [0.5, 0.6) is 0 Å². The molecule has 2 aliphatic rings. The second-order valence-corrected chi connectivity index (χ2v) is 6.74. The zero-order valence-corrected chi connectivity index (χ0v) is 15.9. The lowest BCUT2D eigenvalue weighted by atomic mass is 9.96. The fourth-order valence-corrected chi connectivity index (χ4v) is 4.10. The Bertz CT molecular complexity index is 366. The maximum atomic E-state index is 5.94. The van der Waals surface area contributed by atoms with Crippen molar-refractivity contribution in [3.05, 3.63) is 12.2 Å². The predicted octanol–water partition coefficient (Wildman–Crippen LogP) is 1.29. The van der Waals surface area contributed by atoms with Gasteiger partial charge in [0.1, 0.15) is 0 Å². The van der Waals surface area contributed by atoms with E-state index in [0.29, 0.717) is 12.5 Å². The number of morpholine rings is 1. The smallest absolute Gasteiger partial charge is 0.188 e. The molecule has 21 heavy (non-hydrogen) atoms. The molecule has 2 rings (SSSR count). The third kappa shape index (κ3) is 5.61. The van der Waals surface area contributed by atoms with Gasteiger partial charge in [0.15, 0.2) is 5.96 Å². The number of hydrogen-bond donors (Lipinski definition) is 2. The van der Waals surface area contributed by atoms with Crippen molar-refractivity contribution in [3.63, 3.8) is 0 Å². The van der Waals surface area contributed by atoms with E-state index in [9.17, 15) is 0 Å². The Balaban J connectivity index is 0.00000220. The van der Waals surface area contributed by atoms with Crippen LogP contribution in [0.25, 0.3) is 0 Å². The average Bonchev–Trinajstić information content (AvgIpc) is 2.94. The van der Waals surface area contributed by atoms with Crippen LogP contribution in [0.15, 0.2) is 17.1 Å². The van der Waals surface area contributed by atoms with Crippen LogP contribution in [0.2, 0.25) is 0 Å². The Morgan fingerprint density at radius 3 is 2.76 bits per heavy atom. The van der Waals surface area contributed by atoms with Gasteiger partial charge in [0.25, 0.3) is 0 Å². The quantitative estimate of drug-likeness (QED) is 0.300. The van der Waals surface area contributed by atoms with Crippen LogP contribution in [0, 0.1) is 0 Å². The van der Waals surface area contributed by atoms with E-state index in [2.05, 4.69) is 21.8 Å². The molecule has 0 spiro atoms. The molecule has 7 heteroatoms. The van der Waals surface area contributed by atoms with Gasteiger partial charge in [-0.2, -0.15) is 11.8 Å². The van der Waals surface area contributed by atoms with Gasteiger partial charge in [0, 0.05) is 25.4 Å². The summed E-state index contributed by atoms with van der Waals surface area (Å²) >= 11 is 2.02. The van der Waals surface area contributed by atoms with Crippen LogP contribution < -0.4 is 11.1 Å². The minimum atomic E-state index is 0. The first-order chi connectivity index (χ1) is 9.62. The van der Waals surface area contributed by atoms with E-state index in [1.807, 2.05) is 18.7 Å². The zero-order valence-electron chi connectivity index (χ0n) is 12.8. The molecule has 2 aliphatic heterocycles. The zero-order chi connectivity index (χ0) is 14.4. The summed E-state index contributed by atoms with van der Waals surface area (Å²) in [5.74, 6) is 2.88. The van der Waals surface area contributed by atoms with Gasteiger partial charge in [-0.15, -0.1) is 24.0 Å². The monoisotopic (exact) mass is 426 g/mol. The summed E-state index contributed by atoms with van der Waals surface area (Å²) in [7, 11) is 0. The Kier molecular flexibility index (Phi) is 8.36. The predicted molar refractivity (Wildman–Crippen MR) is 102 cm³/mol. The topological polar surface area (TPSA) is 62.9 Å². The molecule has 1 unspecified atom stereocenters. The highest BCUT2D eigenvalue weighted by molar-refractivity contribution is 14.0. The van der Waals surface area contributed by atoms with Crippen molar-refractivity contribution in [2.45, 2.75) is 18.9 Å². The van der Waals surface area contributed by atoms with E-state index in [1.54, 1.807) is 0 Å². The molecule has 2 saturated heterocycles. The van der Waals surface area contributed by atoms with E-state index >= 15 is 0 Å². The Morgan fingerprint density at radius 1 is 1.48 bits per heavy atom. The SMILES string of the molecule is C=C(C)CNC(N)=NCC1(N2CCOCC2)CCSC1.I. The number of aliphatic imine (C=N–C) groups is 1. The summed E-state index contributed by atoms with van der Waals surface area (Å²) in [4.78, 5) is 7.12. The molecule has 0 aromatic carbocycles. The number of nitrogens with zero attached hydrogens (tertiary/aromatic N) is 2. The van der Waals surface area contributed by atoms with E-state index in [-0.39, 0.29) is 29.5 Å². The molecular weight excluding hydrogens is 399 g/mol. The maximum absolute atomic E-state index is 5.94. The number of nitrogens with one attached hydrogen (secondary N) is 1. The molecule has 0 saturated carbocycles. The maximum Gasteiger partial charge on any atom is 0.188 e. The van der Waals surface area contributed by atoms with Crippen LogP contribution in [0.3, 0.4) is 0 Å². The summed E-state index contributed by atoms with van der Waals surface area (Å²) in [6, 6.07) is 0. The number of halogens is 1. The van der Waals surface area contributed by atoms with Crippen molar-refractivity contribution in [2.75, 3.05) is 50.9 Å². The van der Waals surface area contributed by atoms with Gasteiger partial charge in [0.05, 0.1) is 25.3 Å². The summed E-state index contributed by atoms with van der Waals surface area (Å²) in [6.45, 7) is 11.0. The first-order valence-corrected chi connectivity index (χ1v) is 8.37. The van der Waals surface area contributed by atoms with Gasteiger partial charge < -0.3 is 15.8 Å². The normalized spacial score (nSPS) is 27.2. The fourth-order valence-electron chi connectivity index (χ4n) is 2.64. The van der Waals surface area contributed by atoms with E-state index in [0.717, 1.165) is 44.2 Å². The van der Waals surface area contributed by atoms with Crippen molar-refractivity contribution in [1.29, 1.82) is 0 Å². The molecule has 2 heterocycles. The number of guanidine groups is 1. The molecule has 3 N–H and O–H groups in total. The van der Waals surface area contributed by atoms with Gasteiger partial charge >= 0.3 is 0 Å². The molecule has 0 amide bonds. The fraction of sp³-hybridized carbons (Fsp3) is 0.786. The second kappa shape index (κ2) is 9.22. The van der Waals surface area contributed by atoms with Crippen molar-refractivity contribution in [1.82, 2.24) is 10.2 Å². The van der Waals surface area contributed by atoms with Crippen molar-refractivity contribution in [3.8, 4) is 0 Å².